The molecule has 3 aromatic rings. The van der Waals surface area contributed by atoms with Crippen molar-refractivity contribution in [3.05, 3.63) is 74.4 Å². The summed E-state index contributed by atoms with van der Waals surface area (Å²) in [4.78, 5) is 26.0. The first-order chi connectivity index (χ1) is 14.5. The van der Waals surface area contributed by atoms with Gasteiger partial charge in [-0.2, -0.15) is 0 Å². The molecule has 2 N–H and O–H groups in total. The Bertz CT molecular complexity index is 1080. The van der Waals surface area contributed by atoms with Gasteiger partial charge in [0.05, 0.1) is 22.2 Å². The number of carbonyl (C=O) groups is 2. The zero-order valence-electron chi connectivity index (χ0n) is 16.1. The third-order valence-electron chi connectivity index (χ3n) is 4.64. The van der Waals surface area contributed by atoms with Crippen molar-refractivity contribution >= 4 is 44.8 Å². The molecule has 0 bridgehead atoms. The number of thiophene rings is 1. The van der Waals surface area contributed by atoms with Crippen LogP contribution < -0.4 is 20.1 Å². The summed E-state index contributed by atoms with van der Waals surface area (Å²) in [5, 5.41) is 7.65. The Labute approximate surface area is 186 Å². The number of nitrogens with one attached hydrogen (secondary N) is 2. The Hall–Kier alpha value is -2.84. The highest BCUT2D eigenvalue weighted by molar-refractivity contribution is 9.10. The molecule has 0 saturated heterocycles. The summed E-state index contributed by atoms with van der Waals surface area (Å²) >= 11 is 4.89. The number of anilines is 1. The molecule has 4 rings (SSSR count). The predicted molar refractivity (Wildman–Crippen MR) is 120 cm³/mol. The summed E-state index contributed by atoms with van der Waals surface area (Å²) in [7, 11) is 0. The Kier molecular flexibility index (Phi) is 6.06. The van der Waals surface area contributed by atoms with Gasteiger partial charge in [0.25, 0.3) is 11.8 Å². The zero-order valence-corrected chi connectivity index (χ0v) is 18.5. The van der Waals surface area contributed by atoms with Crippen LogP contribution in [-0.4, -0.2) is 25.0 Å². The highest BCUT2D eigenvalue weighted by Gasteiger charge is 2.21. The summed E-state index contributed by atoms with van der Waals surface area (Å²) in [6, 6.07) is 13.9. The fourth-order valence-corrected chi connectivity index (χ4v) is 4.43. The van der Waals surface area contributed by atoms with E-state index in [1.807, 2.05) is 30.5 Å². The smallest absolute Gasteiger partial charge is 0.265 e. The molecule has 1 aromatic heterocycles. The SMILES string of the molecule is CC(NC(=O)c1ccccc1NC(=O)c1cccs1)c1cc2c(cc1Br)OCCO2. The molecule has 0 spiro atoms. The van der Waals surface area contributed by atoms with E-state index >= 15 is 0 Å². The lowest BCUT2D eigenvalue weighted by atomic mass is 10.1. The first kappa shape index (κ1) is 20.4. The van der Waals surface area contributed by atoms with E-state index in [9.17, 15) is 9.59 Å². The predicted octanol–water partition coefficient (Wildman–Crippen LogP) is 5.03. The molecule has 0 fully saturated rings. The zero-order chi connectivity index (χ0) is 21.1. The maximum absolute atomic E-state index is 13.0. The van der Waals surface area contributed by atoms with Gasteiger partial charge in [-0.05, 0) is 48.2 Å². The van der Waals surface area contributed by atoms with Gasteiger partial charge in [-0.3, -0.25) is 9.59 Å². The van der Waals surface area contributed by atoms with Crippen molar-refractivity contribution in [3.8, 4) is 11.5 Å². The van der Waals surface area contributed by atoms with Crippen LogP contribution in [0, 0.1) is 0 Å². The van der Waals surface area contributed by atoms with E-state index in [1.165, 1.54) is 11.3 Å². The van der Waals surface area contributed by atoms with Crippen molar-refractivity contribution in [2.24, 2.45) is 0 Å². The van der Waals surface area contributed by atoms with Gasteiger partial charge in [0.1, 0.15) is 13.2 Å². The van der Waals surface area contributed by atoms with Gasteiger partial charge >= 0.3 is 0 Å². The van der Waals surface area contributed by atoms with Gasteiger partial charge in [0, 0.05) is 4.47 Å². The van der Waals surface area contributed by atoms with Crippen LogP contribution in [0.15, 0.2) is 58.4 Å². The normalized spacial score (nSPS) is 13.4. The fraction of sp³-hybridized carbons (Fsp3) is 0.182. The standard InChI is InChI=1S/C22H19BrN2O4S/c1-13(15-11-18-19(12-16(15)23)29-9-8-28-18)24-21(26)14-5-2-3-6-17(14)25-22(27)20-7-4-10-30-20/h2-7,10-13H,8-9H2,1H3,(H,24,26)(H,25,27). The first-order valence-electron chi connectivity index (χ1n) is 9.36. The Balaban J connectivity index is 1.52. The van der Waals surface area contributed by atoms with Crippen molar-refractivity contribution < 1.29 is 19.1 Å². The second kappa shape index (κ2) is 8.89. The van der Waals surface area contributed by atoms with Crippen LogP contribution in [0.2, 0.25) is 0 Å². The number of hydrogen-bond acceptors (Lipinski definition) is 5. The van der Waals surface area contributed by atoms with Crippen LogP contribution in [0.3, 0.4) is 0 Å². The number of benzene rings is 2. The highest BCUT2D eigenvalue weighted by atomic mass is 79.9. The molecule has 0 saturated carbocycles. The van der Waals surface area contributed by atoms with Crippen molar-refractivity contribution in [1.82, 2.24) is 5.32 Å². The maximum atomic E-state index is 13.0. The number of para-hydroxylation sites is 1. The molecule has 1 aliphatic heterocycles. The molecule has 2 heterocycles. The van der Waals surface area contributed by atoms with Crippen molar-refractivity contribution in [2.75, 3.05) is 18.5 Å². The number of hydrogen-bond donors (Lipinski definition) is 2. The molecular formula is C22H19BrN2O4S. The van der Waals surface area contributed by atoms with Gasteiger partial charge in [-0.1, -0.05) is 34.1 Å². The average molecular weight is 487 g/mol. The van der Waals surface area contributed by atoms with Crippen molar-refractivity contribution in [1.29, 1.82) is 0 Å². The first-order valence-corrected chi connectivity index (χ1v) is 11.0. The van der Waals surface area contributed by atoms with Crippen LogP contribution >= 0.6 is 27.3 Å². The topological polar surface area (TPSA) is 76.7 Å². The van der Waals surface area contributed by atoms with Crippen LogP contribution in [-0.2, 0) is 0 Å². The van der Waals surface area contributed by atoms with E-state index in [0.29, 0.717) is 40.8 Å². The average Bonchev–Trinajstić information content (AvgIpc) is 3.28. The number of ether oxygens (including phenoxy) is 2. The lowest BCUT2D eigenvalue weighted by molar-refractivity contribution is 0.0940. The van der Waals surface area contributed by atoms with Gasteiger partial charge < -0.3 is 20.1 Å². The summed E-state index contributed by atoms with van der Waals surface area (Å²) in [5.74, 6) is 0.806. The largest absolute Gasteiger partial charge is 0.486 e. The molecule has 2 amide bonds. The lowest BCUT2D eigenvalue weighted by Gasteiger charge is -2.22. The Morgan fingerprint density at radius 3 is 2.50 bits per heavy atom. The summed E-state index contributed by atoms with van der Waals surface area (Å²) in [5.41, 5.74) is 1.72. The van der Waals surface area contributed by atoms with E-state index in [0.717, 1.165) is 10.0 Å². The van der Waals surface area contributed by atoms with E-state index in [1.54, 1.807) is 30.3 Å². The van der Waals surface area contributed by atoms with E-state index in [4.69, 9.17) is 9.47 Å². The number of rotatable bonds is 5. The number of halogens is 1. The molecule has 0 aliphatic carbocycles. The molecule has 1 aliphatic rings. The Morgan fingerprint density at radius 2 is 1.77 bits per heavy atom. The molecule has 2 aromatic carbocycles. The van der Waals surface area contributed by atoms with Gasteiger partial charge in [0.2, 0.25) is 0 Å². The number of amides is 2. The van der Waals surface area contributed by atoms with E-state index in [2.05, 4.69) is 26.6 Å². The third kappa shape index (κ3) is 4.34. The quantitative estimate of drug-likeness (QED) is 0.530. The second-order valence-corrected chi connectivity index (χ2v) is 8.49. The highest BCUT2D eigenvalue weighted by Crippen LogP contribution is 2.38. The molecular weight excluding hydrogens is 468 g/mol. The van der Waals surface area contributed by atoms with Gasteiger partial charge in [-0.15, -0.1) is 11.3 Å². The number of carbonyl (C=O) groups excluding carboxylic acids is 2. The Morgan fingerprint density at radius 1 is 1.03 bits per heavy atom. The van der Waals surface area contributed by atoms with Gasteiger partial charge in [0.15, 0.2) is 11.5 Å². The minimum atomic E-state index is -0.302. The second-order valence-electron chi connectivity index (χ2n) is 6.69. The van der Waals surface area contributed by atoms with E-state index in [-0.39, 0.29) is 17.9 Å². The molecule has 0 radical (unpaired) electrons. The molecule has 6 nitrogen and oxygen atoms in total. The fourth-order valence-electron chi connectivity index (χ4n) is 3.15. The number of fused-ring (bicyclic) bond motifs is 1. The minimum Gasteiger partial charge on any atom is -0.486 e. The summed E-state index contributed by atoms with van der Waals surface area (Å²) in [6.07, 6.45) is 0. The van der Waals surface area contributed by atoms with Crippen LogP contribution in [0.25, 0.3) is 0 Å². The molecule has 1 atom stereocenters. The molecule has 30 heavy (non-hydrogen) atoms. The van der Waals surface area contributed by atoms with Gasteiger partial charge in [-0.25, -0.2) is 0 Å². The summed E-state index contributed by atoms with van der Waals surface area (Å²) < 4.78 is 12.1. The van der Waals surface area contributed by atoms with Crippen LogP contribution in [0.4, 0.5) is 5.69 Å². The van der Waals surface area contributed by atoms with Crippen LogP contribution in [0.5, 0.6) is 11.5 Å². The molecule has 154 valence electrons. The lowest BCUT2D eigenvalue weighted by Crippen LogP contribution is -2.28. The maximum Gasteiger partial charge on any atom is 0.265 e. The monoisotopic (exact) mass is 486 g/mol. The minimum absolute atomic E-state index is 0.243. The molecule has 8 heteroatoms. The molecule has 1 unspecified atom stereocenters. The summed E-state index contributed by atoms with van der Waals surface area (Å²) in [6.45, 7) is 2.89. The third-order valence-corrected chi connectivity index (χ3v) is 6.20. The van der Waals surface area contributed by atoms with Crippen molar-refractivity contribution in [3.63, 3.8) is 0 Å². The van der Waals surface area contributed by atoms with E-state index < -0.39 is 0 Å². The van der Waals surface area contributed by atoms with Crippen molar-refractivity contribution in [2.45, 2.75) is 13.0 Å². The van der Waals surface area contributed by atoms with Crippen LogP contribution in [0.1, 0.15) is 38.6 Å².